The molecule has 1 amide bonds. The fourth-order valence-electron chi connectivity index (χ4n) is 2.24. The van der Waals surface area contributed by atoms with Crippen molar-refractivity contribution >= 4 is 5.91 Å². The number of nitrogens with one attached hydrogen (secondary N) is 1. The molecule has 0 unspecified atom stereocenters. The number of carbonyl (C=O) groups excluding carboxylic acids is 1. The zero-order chi connectivity index (χ0) is 17.7. The van der Waals surface area contributed by atoms with Crippen molar-refractivity contribution in [3.8, 4) is 5.75 Å². The number of aryl methyl sites for hydroxylation is 2. The van der Waals surface area contributed by atoms with E-state index >= 15 is 0 Å². The summed E-state index contributed by atoms with van der Waals surface area (Å²) in [6.45, 7) is 15.0. The van der Waals surface area contributed by atoms with E-state index in [1.54, 1.807) is 0 Å². The minimum Gasteiger partial charge on any atom is -0.493 e. The van der Waals surface area contributed by atoms with Crippen molar-refractivity contribution in [3.05, 3.63) is 29.3 Å². The Hall–Kier alpha value is -1.51. The summed E-state index contributed by atoms with van der Waals surface area (Å²) in [5.41, 5.74) is 1.82. The molecule has 0 spiro atoms. The first-order valence-corrected chi connectivity index (χ1v) is 8.60. The summed E-state index contributed by atoms with van der Waals surface area (Å²) >= 11 is 0. The second-order valence-corrected chi connectivity index (χ2v) is 7.80. The van der Waals surface area contributed by atoms with Crippen LogP contribution in [0.15, 0.2) is 18.2 Å². The van der Waals surface area contributed by atoms with Crippen LogP contribution in [0.5, 0.6) is 5.75 Å². The molecule has 3 heteroatoms. The van der Waals surface area contributed by atoms with Crippen LogP contribution in [0.3, 0.4) is 0 Å². The molecule has 0 fully saturated rings. The molecule has 0 saturated carbocycles. The Balaban J connectivity index is 2.47. The van der Waals surface area contributed by atoms with Gasteiger partial charge in [0.2, 0.25) is 5.91 Å². The van der Waals surface area contributed by atoms with Gasteiger partial charge in [-0.05, 0) is 64.2 Å². The molecule has 1 N–H and O–H groups in total. The molecule has 0 saturated heterocycles. The molecule has 0 radical (unpaired) electrons. The van der Waals surface area contributed by atoms with E-state index in [-0.39, 0.29) is 16.9 Å². The highest BCUT2D eigenvalue weighted by atomic mass is 16.5. The highest BCUT2D eigenvalue weighted by molar-refractivity contribution is 5.82. The van der Waals surface area contributed by atoms with Crippen molar-refractivity contribution in [2.24, 2.45) is 5.41 Å². The molecule has 0 aromatic heterocycles. The van der Waals surface area contributed by atoms with Gasteiger partial charge in [-0.1, -0.05) is 32.9 Å². The van der Waals surface area contributed by atoms with E-state index in [1.807, 2.05) is 13.8 Å². The number of carbonyl (C=O) groups is 1. The SMILES string of the molecule is CCC(C)(C)NC(=O)C(C)(C)CCCOc1cc(C)ccc1C. The fraction of sp³-hybridized carbons (Fsp3) is 0.650. The van der Waals surface area contributed by atoms with Gasteiger partial charge in [0.25, 0.3) is 0 Å². The third-order valence-electron chi connectivity index (χ3n) is 4.50. The maximum absolute atomic E-state index is 12.5. The summed E-state index contributed by atoms with van der Waals surface area (Å²) in [4.78, 5) is 12.5. The smallest absolute Gasteiger partial charge is 0.226 e. The highest BCUT2D eigenvalue weighted by Crippen LogP contribution is 2.25. The van der Waals surface area contributed by atoms with Gasteiger partial charge in [0.15, 0.2) is 0 Å². The quantitative estimate of drug-likeness (QED) is 0.699. The Bertz CT molecular complexity index is 532. The van der Waals surface area contributed by atoms with Crippen molar-refractivity contribution < 1.29 is 9.53 Å². The van der Waals surface area contributed by atoms with Crippen LogP contribution in [-0.4, -0.2) is 18.1 Å². The molecule has 0 atom stereocenters. The van der Waals surface area contributed by atoms with Crippen molar-refractivity contribution in [1.82, 2.24) is 5.32 Å². The monoisotopic (exact) mass is 319 g/mol. The van der Waals surface area contributed by atoms with E-state index in [9.17, 15) is 4.79 Å². The zero-order valence-electron chi connectivity index (χ0n) is 15.9. The third-order valence-corrected chi connectivity index (χ3v) is 4.50. The molecule has 3 nitrogen and oxygen atoms in total. The number of rotatable bonds is 8. The summed E-state index contributed by atoms with van der Waals surface area (Å²) in [6.07, 6.45) is 2.59. The molecule has 1 aromatic rings. The van der Waals surface area contributed by atoms with Gasteiger partial charge in [0.1, 0.15) is 5.75 Å². The molecule has 0 aliphatic carbocycles. The van der Waals surface area contributed by atoms with Crippen LogP contribution in [0.1, 0.15) is 65.0 Å². The Morgan fingerprint density at radius 3 is 2.43 bits per heavy atom. The second kappa shape index (κ2) is 7.85. The maximum Gasteiger partial charge on any atom is 0.226 e. The molecule has 0 aliphatic rings. The van der Waals surface area contributed by atoms with Crippen LogP contribution in [0.4, 0.5) is 0 Å². The van der Waals surface area contributed by atoms with Gasteiger partial charge in [0, 0.05) is 11.0 Å². The van der Waals surface area contributed by atoms with Gasteiger partial charge in [-0.2, -0.15) is 0 Å². The van der Waals surface area contributed by atoms with Gasteiger partial charge in [-0.15, -0.1) is 0 Å². The Kier molecular flexibility index (Phi) is 6.67. The van der Waals surface area contributed by atoms with E-state index in [0.717, 1.165) is 30.6 Å². The predicted octanol–water partition coefficient (Wildman–Crippen LogP) is 4.79. The molecule has 1 rings (SSSR count). The van der Waals surface area contributed by atoms with Crippen molar-refractivity contribution in [2.45, 2.75) is 73.3 Å². The summed E-state index contributed by atoms with van der Waals surface area (Å²) in [5, 5.41) is 3.14. The normalized spacial score (nSPS) is 12.1. The van der Waals surface area contributed by atoms with E-state index < -0.39 is 0 Å². The molecule has 130 valence electrons. The lowest BCUT2D eigenvalue weighted by Gasteiger charge is -2.31. The van der Waals surface area contributed by atoms with Gasteiger partial charge >= 0.3 is 0 Å². The van der Waals surface area contributed by atoms with Gasteiger partial charge in [-0.25, -0.2) is 0 Å². The summed E-state index contributed by atoms with van der Waals surface area (Å²) in [7, 11) is 0. The molecular formula is C20H33NO2. The summed E-state index contributed by atoms with van der Waals surface area (Å²) < 4.78 is 5.88. The van der Waals surface area contributed by atoms with Crippen LogP contribution in [0.25, 0.3) is 0 Å². The molecule has 0 heterocycles. The minimum atomic E-state index is -0.378. The summed E-state index contributed by atoms with van der Waals surface area (Å²) in [5.74, 6) is 1.07. The third kappa shape index (κ3) is 6.25. The largest absolute Gasteiger partial charge is 0.493 e. The van der Waals surface area contributed by atoms with E-state index in [2.05, 4.69) is 58.1 Å². The van der Waals surface area contributed by atoms with Gasteiger partial charge in [-0.3, -0.25) is 4.79 Å². The summed E-state index contributed by atoms with van der Waals surface area (Å²) in [6, 6.07) is 6.23. The average molecular weight is 319 g/mol. The topological polar surface area (TPSA) is 38.3 Å². The van der Waals surface area contributed by atoms with Gasteiger partial charge in [0.05, 0.1) is 6.61 Å². The van der Waals surface area contributed by atoms with Crippen molar-refractivity contribution in [1.29, 1.82) is 0 Å². The van der Waals surface area contributed by atoms with Crippen LogP contribution in [0, 0.1) is 19.3 Å². The molecule has 1 aromatic carbocycles. The Labute approximate surface area is 141 Å². The lowest BCUT2D eigenvalue weighted by atomic mass is 9.85. The van der Waals surface area contributed by atoms with Crippen LogP contribution in [0.2, 0.25) is 0 Å². The lowest BCUT2D eigenvalue weighted by Crippen LogP contribution is -2.48. The Morgan fingerprint density at radius 1 is 1.17 bits per heavy atom. The number of hydrogen-bond donors (Lipinski definition) is 1. The maximum atomic E-state index is 12.5. The second-order valence-electron chi connectivity index (χ2n) is 7.80. The van der Waals surface area contributed by atoms with Crippen LogP contribution < -0.4 is 10.1 Å². The average Bonchev–Trinajstić information content (AvgIpc) is 2.46. The number of amides is 1. The van der Waals surface area contributed by atoms with E-state index in [0.29, 0.717) is 6.61 Å². The fourth-order valence-corrected chi connectivity index (χ4v) is 2.24. The standard InChI is InChI=1S/C20H33NO2/c1-8-20(6,7)21-18(22)19(4,5)12-9-13-23-17-14-15(2)10-11-16(17)3/h10-11,14H,8-9,12-13H2,1-7H3,(H,21,22). The first-order chi connectivity index (χ1) is 10.6. The van der Waals surface area contributed by atoms with Crippen molar-refractivity contribution in [2.75, 3.05) is 6.61 Å². The highest BCUT2D eigenvalue weighted by Gasteiger charge is 2.30. The lowest BCUT2D eigenvalue weighted by molar-refractivity contribution is -0.131. The van der Waals surface area contributed by atoms with Crippen LogP contribution in [-0.2, 0) is 4.79 Å². The number of benzene rings is 1. The molecular weight excluding hydrogens is 286 g/mol. The van der Waals surface area contributed by atoms with Crippen LogP contribution >= 0.6 is 0 Å². The number of hydrogen-bond acceptors (Lipinski definition) is 2. The Morgan fingerprint density at radius 2 is 1.83 bits per heavy atom. The minimum absolute atomic E-state index is 0.121. The molecule has 0 bridgehead atoms. The molecule has 0 aliphatic heterocycles. The first kappa shape index (κ1) is 19.5. The van der Waals surface area contributed by atoms with E-state index in [4.69, 9.17) is 4.74 Å². The number of ether oxygens (including phenoxy) is 1. The van der Waals surface area contributed by atoms with Gasteiger partial charge < -0.3 is 10.1 Å². The predicted molar refractivity (Wildman–Crippen MR) is 96.9 cm³/mol. The first-order valence-electron chi connectivity index (χ1n) is 8.60. The van der Waals surface area contributed by atoms with E-state index in [1.165, 1.54) is 5.56 Å². The van der Waals surface area contributed by atoms with Crippen molar-refractivity contribution in [3.63, 3.8) is 0 Å². The molecule has 23 heavy (non-hydrogen) atoms. The zero-order valence-corrected chi connectivity index (χ0v) is 15.9.